The highest BCUT2D eigenvalue weighted by atomic mass is 32.1. The van der Waals surface area contributed by atoms with E-state index in [2.05, 4.69) is 22.4 Å². The summed E-state index contributed by atoms with van der Waals surface area (Å²) in [5, 5.41) is 11.9. The molecule has 2 amide bonds. The van der Waals surface area contributed by atoms with E-state index >= 15 is 0 Å². The lowest BCUT2D eigenvalue weighted by atomic mass is 9.98. The fourth-order valence-corrected chi connectivity index (χ4v) is 5.07. The summed E-state index contributed by atoms with van der Waals surface area (Å²) < 4.78 is 5.52. The molecule has 1 heterocycles. The SMILES string of the molecule is O=C(O)CN(CC1CC1)C(=O)c1cnc(NC(=O)OCC2c3ccccc3-c3ccccc32)s1. The van der Waals surface area contributed by atoms with Gasteiger partial charge in [0.15, 0.2) is 5.13 Å². The van der Waals surface area contributed by atoms with Gasteiger partial charge in [-0.1, -0.05) is 59.9 Å². The molecule has 5 rings (SSSR count). The minimum Gasteiger partial charge on any atom is -0.480 e. The number of benzene rings is 2. The maximum absolute atomic E-state index is 12.8. The highest BCUT2D eigenvalue weighted by molar-refractivity contribution is 7.17. The number of thiazole rings is 1. The van der Waals surface area contributed by atoms with E-state index in [1.165, 1.54) is 11.1 Å². The van der Waals surface area contributed by atoms with Crippen molar-refractivity contribution >= 4 is 34.4 Å². The smallest absolute Gasteiger partial charge is 0.413 e. The summed E-state index contributed by atoms with van der Waals surface area (Å²) in [7, 11) is 0. The largest absolute Gasteiger partial charge is 0.480 e. The monoisotopic (exact) mass is 477 g/mol. The Morgan fingerprint density at radius 3 is 2.32 bits per heavy atom. The number of aliphatic carboxylic acids is 1. The molecule has 0 aliphatic heterocycles. The minimum absolute atomic E-state index is 0.0569. The molecule has 34 heavy (non-hydrogen) atoms. The average Bonchev–Trinajstić information content (AvgIpc) is 3.43. The highest BCUT2D eigenvalue weighted by Crippen LogP contribution is 2.44. The van der Waals surface area contributed by atoms with Gasteiger partial charge >= 0.3 is 12.1 Å². The van der Waals surface area contributed by atoms with Crippen molar-refractivity contribution in [1.29, 1.82) is 0 Å². The standard InChI is InChI=1S/C25H23N3O5S/c29-22(30)13-28(12-15-9-10-15)23(31)21-11-26-24(34-21)27-25(32)33-14-20-18-7-3-1-5-16(18)17-6-2-4-8-19(17)20/h1-8,11,15,20H,9-10,12-14H2,(H,29,30)(H,26,27,32). The second-order valence-corrected chi connectivity index (χ2v) is 9.53. The van der Waals surface area contributed by atoms with Crippen molar-refractivity contribution in [2.24, 2.45) is 5.92 Å². The summed E-state index contributed by atoms with van der Waals surface area (Å²) in [6.07, 6.45) is 2.70. The number of carbonyl (C=O) groups is 3. The highest BCUT2D eigenvalue weighted by Gasteiger charge is 2.30. The molecule has 1 aromatic heterocycles. The van der Waals surface area contributed by atoms with Crippen molar-refractivity contribution < 1.29 is 24.2 Å². The Balaban J connectivity index is 1.21. The second kappa shape index (κ2) is 9.26. The molecule has 0 unspecified atom stereocenters. The van der Waals surface area contributed by atoms with Gasteiger partial charge in [-0.15, -0.1) is 0 Å². The van der Waals surface area contributed by atoms with E-state index < -0.39 is 18.0 Å². The molecule has 2 aliphatic rings. The van der Waals surface area contributed by atoms with Crippen molar-refractivity contribution in [3.05, 3.63) is 70.7 Å². The molecule has 0 spiro atoms. The van der Waals surface area contributed by atoms with E-state index in [-0.39, 0.29) is 29.1 Å². The first-order valence-electron chi connectivity index (χ1n) is 11.1. The van der Waals surface area contributed by atoms with Crippen LogP contribution >= 0.6 is 11.3 Å². The number of carboxylic acids is 1. The van der Waals surface area contributed by atoms with Crippen LogP contribution in [-0.4, -0.2) is 52.7 Å². The van der Waals surface area contributed by atoms with Crippen LogP contribution < -0.4 is 5.32 Å². The fourth-order valence-electron chi connectivity index (χ4n) is 4.30. The summed E-state index contributed by atoms with van der Waals surface area (Å²) in [4.78, 5) is 42.1. The Morgan fingerprint density at radius 1 is 1.06 bits per heavy atom. The third-order valence-corrected chi connectivity index (χ3v) is 6.96. The van der Waals surface area contributed by atoms with Crippen LogP contribution in [0, 0.1) is 5.92 Å². The number of nitrogens with one attached hydrogen (secondary N) is 1. The molecule has 174 valence electrons. The van der Waals surface area contributed by atoms with Crippen LogP contribution in [0.1, 0.15) is 39.6 Å². The Kier molecular flexibility index (Phi) is 6.02. The van der Waals surface area contributed by atoms with Gasteiger partial charge in [-0.25, -0.2) is 9.78 Å². The van der Waals surface area contributed by atoms with Crippen molar-refractivity contribution in [1.82, 2.24) is 9.88 Å². The molecule has 1 saturated carbocycles. The van der Waals surface area contributed by atoms with Crippen LogP contribution in [0.3, 0.4) is 0 Å². The Hall–Kier alpha value is -3.72. The van der Waals surface area contributed by atoms with Gasteiger partial charge in [-0.3, -0.25) is 14.9 Å². The van der Waals surface area contributed by atoms with E-state index in [0.29, 0.717) is 12.5 Å². The predicted molar refractivity (Wildman–Crippen MR) is 127 cm³/mol. The number of anilines is 1. The van der Waals surface area contributed by atoms with Gasteiger partial charge in [0.1, 0.15) is 18.0 Å². The number of carboxylic acid groups (broad SMARTS) is 1. The van der Waals surface area contributed by atoms with E-state index in [9.17, 15) is 14.4 Å². The number of rotatable bonds is 8. The van der Waals surface area contributed by atoms with Gasteiger partial charge < -0.3 is 14.7 Å². The first kappa shape index (κ1) is 22.1. The van der Waals surface area contributed by atoms with Gasteiger partial charge in [0.25, 0.3) is 5.91 Å². The first-order valence-corrected chi connectivity index (χ1v) is 11.9. The molecule has 0 saturated heterocycles. The first-order chi connectivity index (χ1) is 16.5. The number of nitrogens with zero attached hydrogens (tertiary/aromatic N) is 2. The van der Waals surface area contributed by atoms with E-state index in [1.54, 1.807) is 0 Å². The van der Waals surface area contributed by atoms with Crippen LogP contribution in [0.15, 0.2) is 54.7 Å². The number of aromatic nitrogens is 1. The quantitative estimate of drug-likeness (QED) is 0.497. The molecule has 8 nitrogen and oxygen atoms in total. The topological polar surface area (TPSA) is 109 Å². The maximum Gasteiger partial charge on any atom is 0.413 e. The lowest BCUT2D eigenvalue weighted by Crippen LogP contribution is -2.36. The molecular weight excluding hydrogens is 454 g/mol. The molecule has 0 atom stereocenters. The lowest BCUT2D eigenvalue weighted by Gasteiger charge is -2.19. The third kappa shape index (κ3) is 4.65. The van der Waals surface area contributed by atoms with Crippen molar-refractivity contribution in [3.8, 4) is 11.1 Å². The zero-order valence-electron chi connectivity index (χ0n) is 18.3. The Bertz CT molecular complexity index is 1210. The molecule has 9 heteroatoms. The number of amides is 2. The van der Waals surface area contributed by atoms with Gasteiger partial charge in [0, 0.05) is 12.5 Å². The number of ether oxygens (including phenoxy) is 1. The zero-order chi connectivity index (χ0) is 23.7. The van der Waals surface area contributed by atoms with Crippen molar-refractivity contribution in [3.63, 3.8) is 0 Å². The van der Waals surface area contributed by atoms with Crippen LogP contribution in [0.25, 0.3) is 11.1 Å². The fraction of sp³-hybridized carbons (Fsp3) is 0.280. The molecule has 2 N–H and O–H groups in total. The molecule has 1 fully saturated rings. The normalized spacial score (nSPS) is 14.2. The summed E-state index contributed by atoms with van der Waals surface area (Å²) in [6.45, 7) is 0.228. The number of hydrogen-bond donors (Lipinski definition) is 2. The summed E-state index contributed by atoms with van der Waals surface area (Å²) in [5.41, 5.74) is 4.53. The van der Waals surface area contributed by atoms with Gasteiger partial charge in [-0.05, 0) is 41.0 Å². The molecule has 0 bridgehead atoms. The number of fused-ring (bicyclic) bond motifs is 3. The summed E-state index contributed by atoms with van der Waals surface area (Å²) in [6, 6.07) is 16.2. The van der Waals surface area contributed by atoms with E-state index in [0.717, 1.165) is 46.4 Å². The predicted octanol–water partition coefficient (Wildman–Crippen LogP) is 4.44. The summed E-state index contributed by atoms with van der Waals surface area (Å²) >= 11 is 1.00. The van der Waals surface area contributed by atoms with E-state index in [4.69, 9.17) is 9.84 Å². The lowest BCUT2D eigenvalue weighted by molar-refractivity contribution is -0.137. The third-order valence-electron chi connectivity index (χ3n) is 6.06. The molecule has 2 aliphatic carbocycles. The van der Waals surface area contributed by atoms with Crippen LogP contribution in [-0.2, 0) is 9.53 Å². The Labute approximate surface area is 200 Å². The molecular formula is C25H23N3O5S. The molecule has 0 radical (unpaired) electrons. The van der Waals surface area contributed by atoms with Gasteiger partial charge in [-0.2, -0.15) is 0 Å². The van der Waals surface area contributed by atoms with Gasteiger partial charge in [0.2, 0.25) is 0 Å². The minimum atomic E-state index is -1.06. The van der Waals surface area contributed by atoms with Crippen molar-refractivity contribution in [2.75, 3.05) is 25.0 Å². The Morgan fingerprint density at radius 2 is 1.71 bits per heavy atom. The number of hydrogen-bond acceptors (Lipinski definition) is 6. The molecule has 2 aromatic carbocycles. The second-order valence-electron chi connectivity index (χ2n) is 8.50. The van der Waals surface area contributed by atoms with Crippen LogP contribution in [0.5, 0.6) is 0 Å². The summed E-state index contributed by atoms with van der Waals surface area (Å²) in [5.74, 6) is -1.16. The van der Waals surface area contributed by atoms with Crippen molar-refractivity contribution in [2.45, 2.75) is 18.8 Å². The number of carbonyl (C=O) groups excluding carboxylic acids is 2. The van der Waals surface area contributed by atoms with Crippen LogP contribution in [0.4, 0.5) is 9.93 Å². The average molecular weight is 478 g/mol. The maximum atomic E-state index is 12.8. The van der Waals surface area contributed by atoms with E-state index in [1.807, 2.05) is 36.4 Å². The van der Waals surface area contributed by atoms with Crippen LogP contribution in [0.2, 0.25) is 0 Å². The molecule has 3 aromatic rings. The van der Waals surface area contributed by atoms with Gasteiger partial charge in [0.05, 0.1) is 6.20 Å². The zero-order valence-corrected chi connectivity index (χ0v) is 19.1.